The fourth-order valence-corrected chi connectivity index (χ4v) is 3.49. The number of aromatic nitrogens is 2. The van der Waals surface area contributed by atoms with E-state index in [0.717, 1.165) is 16.7 Å². The third-order valence-corrected chi connectivity index (χ3v) is 5.43. The number of halogens is 1. The van der Waals surface area contributed by atoms with E-state index in [1.165, 1.54) is 10.9 Å². The molecule has 0 saturated heterocycles. The SMILES string of the molecule is CC(C)(C)c1cc(/C=N\Nc2cnn(-c3ccccc3)c(=O)c2Cl)cc(C(C)(C)C)c1O. The molecule has 32 heavy (non-hydrogen) atoms. The van der Waals surface area contributed by atoms with Gasteiger partial charge in [-0.2, -0.15) is 14.9 Å². The third kappa shape index (κ3) is 5.02. The molecule has 0 atom stereocenters. The molecule has 0 aliphatic heterocycles. The van der Waals surface area contributed by atoms with E-state index in [0.29, 0.717) is 17.1 Å². The molecule has 0 bridgehead atoms. The van der Waals surface area contributed by atoms with E-state index in [9.17, 15) is 9.90 Å². The molecule has 1 aromatic heterocycles. The van der Waals surface area contributed by atoms with Gasteiger partial charge in [0.25, 0.3) is 5.56 Å². The smallest absolute Gasteiger partial charge is 0.292 e. The average molecular weight is 453 g/mol. The number of aromatic hydroxyl groups is 1. The normalized spacial score (nSPS) is 12.3. The van der Waals surface area contributed by atoms with Gasteiger partial charge in [0.2, 0.25) is 0 Å². The molecule has 0 fully saturated rings. The molecular weight excluding hydrogens is 424 g/mol. The second kappa shape index (κ2) is 8.79. The molecule has 0 radical (unpaired) electrons. The number of benzene rings is 2. The number of anilines is 1. The number of nitrogens with zero attached hydrogens (tertiary/aromatic N) is 3. The average Bonchev–Trinajstić information content (AvgIpc) is 2.71. The monoisotopic (exact) mass is 452 g/mol. The van der Waals surface area contributed by atoms with Crippen molar-refractivity contribution >= 4 is 23.5 Å². The van der Waals surface area contributed by atoms with Gasteiger partial charge >= 0.3 is 0 Å². The van der Waals surface area contributed by atoms with Crippen LogP contribution in [0.3, 0.4) is 0 Å². The van der Waals surface area contributed by atoms with Gasteiger partial charge in [-0.3, -0.25) is 10.2 Å². The van der Waals surface area contributed by atoms with Crippen molar-refractivity contribution in [3.05, 3.63) is 80.7 Å². The quantitative estimate of drug-likeness (QED) is 0.397. The molecule has 0 spiro atoms. The van der Waals surface area contributed by atoms with Crippen molar-refractivity contribution in [2.75, 3.05) is 5.43 Å². The Morgan fingerprint density at radius 1 is 1.03 bits per heavy atom. The number of hydrogen-bond donors (Lipinski definition) is 2. The molecule has 6 nitrogen and oxygen atoms in total. The fourth-order valence-electron chi connectivity index (χ4n) is 3.31. The number of hydrazone groups is 1. The minimum atomic E-state index is -0.437. The van der Waals surface area contributed by atoms with E-state index in [4.69, 9.17) is 11.6 Å². The van der Waals surface area contributed by atoms with Crippen LogP contribution in [0.4, 0.5) is 5.69 Å². The zero-order valence-electron chi connectivity index (χ0n) is 19.3. The number of phenols is 1. The van der Waals surface area contributed by atoms with Gasteiger partial charge in [0, 0.05) is 11.1 Å². The number of phenolic OH excluding ortho intramolecular Hbond substituents is 1. The maximum Gasteiger partial charge on any atom is 0.292 e. The van der Waals surface area contributed by atoms with Crippen molar-refractivity contribution in [2.45, 2.75) is 52.4 Å². The van der Waals surface area contributed by atoms with Crippen LogP contribution in [0.15, 0.2) is 58.6 Å². The lowest BCUT2D eigenvalue weighted by Gasteiger charge is -2.27. The first kappa shape index (κ1) is 23.5. The molecule has 7 heteroatoms. The van der Waals surface area contributed by atoms with E-state index >= 15 is 0 Å². The largest absolute Gasteiger partial charge is 0.507 e. The van der Waals surface area contributed by atoms with E-state index in [-0.39, 0.29) is 15.9 Å². The van der Waals surface area contributed by atoms with Gasteiger partial charge in [-0.15, -0.1) is 0 Å². The lowest BCUT2D eigenvalue weighted by atomic mass is 9.78. The predicted molar refractivity (Wildman–Crippen MR) is 132 cm³/mol. The molecule has 0 saturated carbocycles. The highest BCUT2D eigenvalue weighted by Crippen LogP contribution is 2.39. The summed E-state index contributed by atoms with van der Waals surface area (Å²) in [6.45, 7) is 12.3. The van der Waals surface area contributed by atoms with Crippen LogP contribution in [-0.2, 0) is 10.8 Å². The Kier molecular flexibility index (Phi) is 6.46. The summed E-state index contributed by atoms with van der Waals surface area (Å²) in [5, 5.41) is 19.3. The summed E-state index contributed by atoms with van der Waals surface area (Å²) < 4.78 is 1.24. The summed E-state index contributed by atoms with van der Waals surface area (Å²) in [5.41, 5.74) is 5.35. The van der Waals surface area contributed by atoms with Crippen LogP contribution in [0.25, 0.3) is 5.69 Å². The summed E-state index contributed by atoms with van der Waals surface area (Å²) >= 11 is 6.28. The lowest BCUT2D eigenvalue weighted by molar-refractivity contribution is 0.423. The summed E-state index contributed by atoms with van der Waals surface area (Å²) in [4.78, 5) is 12.6. The van der Waals surface area contributed by atoms with Gasteiger partial charge in [0.15, 0.2) is 0 Å². The molecular formula is C25H29ClN4O2. The maximum atomic E-state index is 12.6. The summed E-state index contributed by atoms with van der Waals surface area (Å²) in [7, 11) is 0. The van der Waals surface area contributed by atoms with Gasteiger partial charge in [0.1, 0.15) is 16.5 Å². The molecule has 3 rings (SSSR count). The summed E-state index contributed by atoms with van der Waals surface area (Å²) in [6, 6.07) is 12.9. The standard InChI is InChI=1S/C25H29ClN4O2/c1-24(2,3)18-12-16(13-19(22(18)31)25(4,5)6)14-27-29-20-15-28-30(23(32)21(20)26)17-10-8-7-9-11-17/h7-15,29,31H,1-6H3/b27-14-. The Morgan fingerprint density at radius 3 is 2.12 bits per heavy atom. The van der Waals surface area contributed by atoms with Crippen molar-refractivity contribution in [3.63, 3.8) is 0 Å². The maximum absolute atomic E-state index is 12.6. The van der Waals surface area contributed by atoms with Crippen molar-refractivity contribution in [1.82, 2.24) is 9.78 Å². The highest BCUT2D eigenvalue weighted by molar-refractivity contribution is 6.32. The molecule has 2 N–H and O–H groups in total. The van der Waals surface area contributed by atoms with Crippen molar-refractivity contribution < 1.29 is 5.11 Å². The molecule has 2 aromatic carbocycles. The van der Waals surface area contributed by atoms with Crippen LogP contribution >= 0.6 is 11.6 Å². The van der Waals surface area contributed by atoms with Crippen LogP contribution in [0.1, 0.15) is 58.2 Å². The second-order valence-electron chi connectivity index (χ2n) is 9.76. The summed E-state index contributed by atoms with van der Waals surface area (Å²) in [6.07, 6.45) is 3.11. The Morgan fingerprint density at radius 2 is 1.59 bits per heavy atom. The first-order chi connectivity index (χ1) is 14.9. The second-order valence-corrected chi connectivity index (χ2v) is 10.1. The Hall–Kier alpha value is -3.12. The van der Waals surface area contributed by atoms with E-state index in [2.05, 4.69) is 57.2 Å². The van der Waals surface area contributed by atoms with Gasteiger partial charge in [-0.1, -0.05) is 71.3 Å². The molecule has 1 heterocycles. The van der Waals surface area contributed by atoms with Gasteiger partial charge < -0.3 is 5.11 Å². The Balaban J connectivity index is 1.92. The summed E-state index contributed by atoms with van der Waals surface area (Å²) in [5.74, 6) is 0.312. The van der Waals surface area contributed by atoms with Gasteiger partial charge in [0.05, 0.1) is 18.1 Å². The Bertz CT molecular complexity index is 1170. The van der Waals surface area contributed by atoms with Crippen LogP contribution < -0.4 is 11.0 Å². The number of para-hydroxylation sites is 1. The van der Waals surface area contributed by atoms with Crippen LogP contribution in [0.5, 0.6) is 5.75 Å². The van der Waals surface area contributed by atoms with Crippen molar-refractivity contribution in [3.8, 4) is 11.4 Å². The topological polar surface area (TPSA) is 79.5 Å². The van der Waals surface area contributed by atoms with Crippen molar-refractivity contribution in [2.24, 2.45) is 5.10 Å². The lowest BCUT2D eigenvalue weighted by Crippen LogP contribution is -2.22. The number of nitrogens with one attached hydrogen (secondary N) is 1. The molecule has 0 aliphatic carbocycles. The van der Waals surface area contributed by atoms with Crippen LogP contribution in [0, 0.1) is 0 Å². The molecule has 0 aliphatic rings. The molecule has 0 unspecified atom stereocenters. The van der Waals surface area contributed by atoms with Crippen LogP contribution in [-0.4, -0.2) is 21.1 Å². The highest BCUT2D eigenvalue weighted by atomic mass is 35.5. The van der Waals surface area contributed by atoms with Gasteiger partial charge in [-0.25, -0.2) is 0 Å². The Labute approximate surface area is 193 Å². The predicted octanol–water partition coefficient (Wildman–Crippen LogP) is 5.63. The zero-order chi connectivity index (χ0) is 23.7. The van der Waals surface area contributed by atoms with E-state index in [1.54, 1.807) is 18.3 Å². The fraction of sp³-hybridized carbons (Fsp3) is 0.320. The minimum absolute atomic E-state index is 0.00234. The molecule has 3 aromatic rings. The number of rotatable bonds is 4. The minimum Gasteiger partial charge on any atom is -0.507 e. The molecule has 0 amide bonds. The molecule has 168 valence electrons. The number of hydrogen-bond acceptors (Lipinski definition) is 5. The first-order valence-corrected chi connectivity index (χ1v) is 10.8. The third-order valence-electron chi connectivity index (χ3n) is 5.07. The van der Waals surface area contributed by atoms with Crippen LogP contribution in [0.2, 0.25) is 5.02 Å². The van der Waals surface area contributed by atoms with Gasteiger partial charge in [-0.05, 0) is 40.7 Å². The van der Waals surface area contributed by atoms with Crippen molar-refractivity contribution in [1.29, 1.82) is 0 Å². The first-order valence-electron chi connectivity index (χ1n) is 10.4. The van der Waals surface area contributed by atoms with E-state index in [1.807, 2.05) is 30.3 Å². The highest BCUT2D eigenvalue weighted by Gasteiger charge is 2.26. The zero-order valence-corrected chi connectivity index (χ0v) is 20.0. The van der Waals surface area contributed by atoms with E-state index < -0.39 is 5.56 Å².